The maximum absolute atomic E-state index is 12.4. The molecule has 0 spiro atoms. The minimum absolute atomic E-state index is 0.155. The van der Waals surface area contributed by atoms with E-state index in [1.165, 1.54) is 25.8 Å². The summed E-state index contributed by atoms with van der Waals surface area (Å²) in [5.41, 5.74) is 0.939. The molecule has 0 atom stereocenters. The van der Waals surface area contributed by atoms with E-state index in [9.17, 15) is 8.42 Å². The summed E-state index contributed by atoms with van der Waals surface area (Å²) in [4.78, 5) is 3.91. The quantitative estimate of drug-likeness (QED) is 0.845. The molecule has 0 fully saturated rings. The third kappa shape index (κ3) is 2.11. The Morgan fingerprint density at radius 1 is 1.39 bits per heavy atom. The molecule has 1 aromatic carbocycles. The van der Waals surface area contributed by atoms with Gasteiger partial charge in [0.1, 0.15) is 17.0 Å². The fourth-order valence-electron chi connectivity index (χ4n) is 1.65. The third-order valence-electron chi connectivity index (χ3n) is 2.67. The average molecular weight is 266 g/mol. The zero-order valence-corrected chi connectivity index (χ0v) is 11.0. The molecule has 0 saturated heterocycles. The number of aryl methyl sites for hydroxylation is 1. The van der Waals surface area contributed by atoms with Crippen molar-refractivity contribution in [2.75, 3.05) is 7.11 Å². The first-order valence-electron chi connectivity index (χ1n) is 5.50. The highest BCUT2D eigenvalue weighted by atomic mass is 32.2. The van der Waals surface area contributed by atoms with Crippen molar-refractivity contribution in [3.8, 4) is 5.75 Å². The Hall–Kier alpha value is -1.82. The third-order valence-corrected chi connectivity index (χ3v) is 4.32. The Kier molecular flexibility index (Phi) is 3.38. The molecule has 0 unspecified atom stereocenters. The summed E-state index contributed by atoms with van der Waals surface area (Å²) in [6, 6.07) is 5.16. The summed E-state index contributed by atoms with van der Waals surface area (Å²) in [5, 5.41) is 0. The molecule has 0 N–H and O–H groups in total. The Balaban J connectivity index is 2.63. The van der Waals surface area contributed by atoms with Gasteiger partial charge in [0, 0.05) is 12.4 Å². The fraction of sp³-hybridized carbons (Fsp3) is 0.250. The Morgan fingerprint density at radius 3 is 2.72 bits per heavy atom. The SMILES string of the molecule is CCc1ccc(OC)c(S(=O)(=O)n2ccnc2)c1. The van der Waals surface area contributed by atoms with Crippen molar-refractivity contribution in [1.82, 2.24) is 8.96 Å². The van der Waals surface area contributed by atoms with Gasteiger partial charge in [-0.15, -0.1) is 0 Å². The van der Waals surface area contributed by atoms with Crippen LogP contribution in [-0.2, 0) is 16.4 Å². The number of hydrogen-bond acceptors (Lipinski definition) is 4. The van der Waals surface area contributed by atoms with E-state index in [-0.39, 0.29) is 4.90 Å². The van der Waals surface area contributed by atoms with Gasteiger partial charge in [0.2, 0.25) is 0 Å². The number of imidazole rings is 1. The second kappa shape index (κ2) is 4.81. The number of methoxy groups -OCH3 is 1. The molecule has 0 aliphatic heterocycles. The molecular formula is C12H14N2O3S. The molecule has 2 aromatic rings. The standard InChI is InChI=1S/C12H14N2O3S/c1-3-10-4-5-11(17-2)12(8-10)18(15,16)14-7-6-13-9-14/h4-9H,3H2,1-2H3. The Bertz CT molecular complexity index is 633. The van der Waals surface area contributed by atoms with Crippen molar-refractivity contribution < 1.29 is 13.2 Å². The molecular weight excluding hydrogens is 252 g/mol. The zero-order chi connectivity index (χ0) is 13.2. The van der Waals surface area contributed by atoms with Gasteiger partial charge in [0.05, 0.1) is 7.11 Å². The van der Waals surface area contributed by atoms with Crippen LogP contribution in [0.2, 0.25) is 0 Å². The Labute approximate surface area is 106 Å². The maximum atomic E-state index is 12.4. The lowest BCUT2D eigenvalue weighted by molar-refractivity contribution is 0.402. The van der Waals surface area contributed by atoms with E-state index in [4.69, 9.17) is 4.74 Å². The molecule has 2 rings (SSSR count). The molecule has 96 valence electrons. The number of rotatable bonds is 4. The van der Waals surface area contributed by atoms with Gasteiger partial charge in [-0.25, -0.2) is 17.4 Å². The second-order valence-electron chi connectivity index (χ2n) is 3.74. The minimum atomic E-state index is -3.64. The molecule has 0 bridgehead atoms. The van der Waals surface area contributed by atoms with Gasteiger partial charge >= 0.3 is 0 Å². The van der Waals surface area contributed by atoms with Gasteiger partial charge in [-0.3, -0.25) is 0 Å². The monoisotopic (exact) mass is 266 g/mol. The topological polar surface area (TPSA) is 61.2 Å². The molecule has 0 aliphatic carbocycles. The van der Waals surface area contributed by atoms with E-state index in [2.05, 4.69) is 4.98 Å². The van der Waals surface area contributed by atoms with E-state index >= 15 is 0 Å². The van der Waals surface area contributed by atoms with Crippen LogP contribution in [0.25, 0.3) is 0 Å². The first-order chi connectivity index (χ1) is 8.59. The van der Waals surface area contributed by atoms with E-state index < -0.39 is 10.0 Å². The molecule has 1 aromatic heterocycles. The first kappa shape index (κ1) is 12.6. The number of nitrogens with zero attached hydrogens (tertiary/aromatic N) is 2. The lowest BCUT2D eigenvalue weighted by Crippen LogP contribution is -2.12. The number of benzene rings is 1. The van der Waals surface area contributed by atoms with Crippen LogP contribution in [0.1, 0.15) is 12.5 Å². The van der Waals surface area contributed by atoms with Crippen LogP contribution in [0.5, 0.6) is 5.75 Å². The van der Waals surface area contributed by atoms with E-state index in [1.54, 1.807) is 12.1 Å². The molecule has 18 heavy (non-hydrogen) atoms. The highest BCUT2D eigenvalue weighted by molar-refractivity contribution is 7.90. The van der Waals surface area contributed by atoms with Crippen molar-refractivity contribution >= 4 is 10.0 Å². The van der Waals surface area contributed by atoms with Gasteiger partial charge in [-0.05, 0) is 24.1 Å². The van der Waals surface area contributed by atoms with Crippen LogP contribution in [-0.4, -0.2) is 24.5 Å². The lowest BCUT2D eigenvalue weighted by Gasteiger charge is -2.11. The fourth-order valence-corrected chi connectivity index (χ4v) is 2.97. The summed E-state index contributed by atoms with van der Waals surface area (Å²) in [6.45, 7) is 1.97. The van der Waals surface area contributed by atoms with Crippen LogP contribution in [0.15, 0.2) is 41.8 Å². The van der Waals surface area contributed by atoms with Gasteiger partial charge in [-0.2, -0.15) is 0 Å². The molecule has 0 aliphatic rings. The predicted molar refractivity (Wildman–Crippen MR) is 67.2 cm³/mol. The summed E-state index contributed by atoms with van der Waals surface area (Å²) in [5.74, 6) is 0.334. The van der Waals surface area contributed by atoms with Gasteiger partial charge in [0.25, 0.3) is 10.0 Å². The van der Waals surface area contributed by atoms with E-state index in [1.807, 2.05) is 13.0 Å². The maximum Gasteiger partial charge on any atom is 0.272 e. The average Bonchev–Trinajstić information content (AvgIpc) is 2.92. The number of aromatic nitrogens is 2. The molecule has 6 heteroatoms. The molecule has 0 amide bonds. The molecule has 0 radical (unpaired) electrons. The van der Waals surface area contributed by atoms with Gasteiger partial charge in [-0.1, -0.05) is 13.0 Å². The van der Waals surface area contributed by atoms with Gasteiger partial charge in [0.15, 0.2) is 0 Å². The van der Waals surface area contributed by atoms with Crippen molar-refractivity contribution in [2.24, 2.45) is 0 Å². The summed E-state index contributed by atoms with van der Waals surface area (Å²) in [6.07, 6.45) is 4.84. The Morgan fingerprint density at radius 2 is 2.17 bits per heavy atom. The van der Waals surface area contributed by atoms with Crippen molar-refractivity contribution in [3.63, 3.8) is 0 Å². The molecule has 5 nitrogen and oxygen atoms in total. The normalized spacial score (nSPS) is 11.4. The second-order valence-corrected chi connectivity index (χ2v) is 5.55. The summed E-state index contributed by atoms with van der Waals surface area (Å²) < 4.78 is 31.0. The molecule has 1 heterocycles. The smallest absolute Gasteiger partial charge is 0.272 e. The van der Waals surface area contributed by atoms with Crippen LogP contribution < -0.4 is 4.74 Å². The summed E-state index contributed by atoms with van der Waals surface area (Å²) >= 11 is 0. The van der Waals surface area contributed by atoms with Crippen LogP contribution in [0, 0.1) is 0 Å². The van der Waals surface area contributed by atoms with Crippen molar-refractivity contribution in [2.45, 2.75) is 18.2 Å². The van der Waals surface area contributed by atoms with E-state index in [0.717, 1.165) is 16.0 Å². The highest BCUT2D eigenvalue weighted by Gasteiger charge is 2.21. The van der Waals surface area contributed by atoms with E-state index in [0.29, 0.717) is 5.75 Å². The van der Waals surface area contributed by atoms with Crippen LogP contribution >= 0.6 is 0 Å². The van der Waals surface area contributed by atoms with Crippen LogP contribution in [0.4, 0.5) is 0 Å². The van der Waals surface area contributed by atoms with Crippen molar-refractivity contribution in [1.29, 1.82) is 0 Å². The lowest BCUT2D eigenvalue weighted by atomic mass is 10.2. The number of ether oxygens (including phenoxy) is 1. The van der Waals surface area contributed by atoms with Gasteiger partial charge < -0.3 is 4.74 Å². The van der Waals surface area contributed by atoms with Crippen LogP contribution in [0.3, 0.4) is 0 Å². The minimum Gasteiger partial charge on any atom is -0.495 e. The number of hydrogen-bond donors (Lipinski definition) is 0. The largest absolute Gasteiger partial charge is 0.495 e. The first-order valence-corrected chi connectivity index (χ1v) is 6.94. The van der Waals surface area contributed by atoms with Crippen molar-refractivity contribution in [3.05, 3.63) is 42.5 Å². The highest BCUT2D eigenvalue weighted by Crippen LogP contribution is 2.26. The summed E-state index contributed by atoms with van der Waals surface area (Å²) in [7, 11) is -2.19. The predicted octanol–water partition coefficient (Wildman–Crippen LogP) is 1.69. The zero-order valence-electron chi connectivity index (χ0n) is 10.2. The molecule has 0 saturated carbocycles.